The molecule has 0 N–H and O–H groups in total. The molecule has 0 fully saturated rings. The fourth-order valence-corrected chi connectivity index (χ4v) is 5.08. The van der Waals surface area contributed by atoms with Crippen LogP contribution in [0.25, 0.3) is 10.6 Å². The number of hydrogen-bond acceptors (Lipinski definition) is 5. The summed E-state index contributed by atoms with van der Waals surface area (Å²) in [4.78, 5) is 15.1. The molecule has 1 aliphatic heterocycles. The zero-order chi connectivity index (χ0) is 22.5. The quantitative estimate of drug-likeness (QED) is 0.469. The highest BCUT2D eigenvalue weighted by molar-refractivity contribution is 7.16. The Morgan fingerprint density at radius 2 is 1.97 bits per heavy atom. The first-order valence-electron chi connectivity index (χ1n) is 10.0. The molecule has 0 spiro atoms. The van der Waals surface area contributed by atoms with Gasteiger partial charge in [-0.05, 0) is 30.2 Å². The average Bonchev–Trinajstić information content (AvgIpc) is 3.43. The molecule has 0 saturated carbocycles. The molecular weight excluding hydrogens is 432 g/mol. The molecule has 1 aliphatic rings. The lowest BCUT2D eigenvalue weighted by Crippen LogP contribution is -2.47. The van der Waals surface area contributed by atoms with Crippen molar-refractivity contribution in [2.45, 2.75) is 18.9 Å². The maximum absolute atomic E-state index is 14.2. The maximum atomic E-state index is 14.2. The van der Waals surface area contributed by atoms with Gasteiger partial charge in [-0.15, -0.1) is 10.2 Å². The number of rotatable bonds is 3. The van der Waals surface area contributed by atoms with Gasteiger partial charge in [-0.2, -0.15) is 5.10 Å². The van der Waals surface area contributed by atoms with Gasteiger partial charge in [0, 0.05) is 48.9 Å². The molecule has 2 aromatic carbocycles. The first-order valence-corrected chi connectivity index (χ1v) is 10.8. The smallest absolute Gasteiger partial charge is 0.285 e. The van der Waals surface area contributed by atoms with E-state index in [-0.39, 0.29) is 21.5 Å². The van der Waals surface area contributed by atoms with Crippen molar-refractivity contribution < 1.29 is 13.6 Å². The Hall–Kier alpha value is -3.46. The molecule has 3 heterocycles. The minimum atomic E-state index is -0.740. The number of carbonyl (C=O) groups is 1. The third-order valence-electron chi connectivity index (χ3n) is 5.88. The van der Waals surface area contributed by atoms with Gasteiger partial charge in [-0.3, -0.25) is 9.48 Å². The van der Waals surface area contributed by atoms with Crippen molar-refractivity contribution in [3.8, 4) is 10.6 Å². The summed E-state index contributed by atoms with van der Waals surface area (Å²) in [5, 5.41) is 12.7. The number of aromatic nitrogens is 4. The molecule has 2 aromatic heterocycles. The van der Waals surface area contributed by atoms with Gasteiger partial charge in [0.1, 0.15) is 11.6 Å². The number of halogens is 2. The Kier molecular flexibility index (Phi) is 4.85. The first kappa shape index (κ1) is 20.4. The van der Waals surface area contributed by atoms with Crippen molar-refractivity contribution in [1.29, 1.82) is 0 Å². The van der Waals surface area contributed by atoms with Crippen molar-refractivity contribution in [1.82, 2.24) is 24.9 Å². The van der Waals surface area contributed by atoms with Crippen LogP contribution >= 0.6 is 11.3 Å². The Morgan fingerprint density at radius 1 is 1.16 bits per heavy atom. The number of benzene rings is 2. The third-order valence-corrected chi connectivity index (χ3v) is 6.82. The lowest BCUT2D eigenvalue weighted by molar-refractivity contribution is 0.0694. The van der Waals surface area contributed by atoms with Gasteiger partial charge in [-0.25, -0.2) is 8.78 Å². The van der Waals surface area contributed by atoms with E-state index < -0.39 is 17.0 Å². The van der Waals surface area contributed by atoms with Crippen LogP contribution in [0.2, 0.25) is 0 Å². The second-order valence-corrected chi connectivity index (χ2v) is 9.07. The van der Waals surface area contributed by atoms with Crippen LogP contribution < -0.4 is 0 Å². The predicted octanol–water partition coefficient (Wildman–Crippen LogP) is 4.18. The topological polar surface area (TPSA) is 63.9 Å². The van der Waals surface area contributed by atoms with Gasteiger partial charge in [0.25, 0.3) is 5.91 Å². The van der Waals surface area contributed by atoms with E-state index in [9.17, 15) is 13.6 Å². The van der Waals surface area contributed by atoms with Crippen molar-refractivity contribution in [3.05, 3.63) is 88.2 Å². The van der Waals surface area contributed by atoms with E-state index in [0.29, 0.717) is 13.1 Å². The van der Waals surface area contributed by atoms with E-state index in [0.717, 1.165) is 40.2 Å². The molecular formula is C23H19F2N5OS. The van der Waals surface area contributed by atoms with Crippen molar-refractivity contribution in [3.63, 3.8) is 0 Å². The fourth-order valence-electron chi connectivity index (χ4n) is 4.24. The lowest BCUT2D eigenvalue weighted by Gasteiger charge is -2.41. The molecule has 32 heavy (non-hydrogen) atoms. The minimum Gasteiger partial charge on any atom is -0.331 e. The van der Waals surface area contributed by atoms with Crippen LogP contribution in [-0.2, 0) is 19.0 Å². The van der Waals surface area contributed by atoms with E-state index in [4.69, 9.17) is 0 Å². The van der Waals surface area contributed by atoms with Crippen LogP contribution in [0, 0.1) is 11.6 Å². The molecule has 0 radical (unpaired) electrons. The normalized spacial score (nSPS) is 17.9. The van der Waals surface area contributed by atoms with Crippen LogP contribution in [0.1, 0.15) is 33.4 Å². The van der Waals surface area contributed by atoms with E-state index in [2.05, 4.69) is 28.3 Å². The van der Waals surface area contributed by atoms with Gasteiger partial charge in [0.2, 0.25) is 5.01 Å². The van der Waals surface area contributed by atoms with E-state index in [1.165, 1.54) is 6.07 Å². The lowest BCUT2D eigenvalue weighted by atomic mass is 9.73. The molecule has 4 aromatic rings. The largest absolute Gasteiger partial charge is 0.331 e. The zero-order valence-electron chi connectivity index (χ0n) is 17.4. The Bertz CT molecular complexity index is 1330. The number of carbonyl (C=O) groups excluding carboxylic acids is 1. The molecule has 1 amide bonds. The van der Waals surface area contributed by atoms with Crippen LogP contribution in [0.3, 0.4) is 0 Å². The standard InChI is InChI=1S/C23H19F2N5OS/c1-23(15-10-26-29(2)12-15)13-30(11-14-5-3-4-6-18(14)23)22(31)21-28-27-20(32-21)17-8-7-16(24)9-19(17)25/h3-10,12H,11,13H2,1-2H3/t23-/m0/s1. The average molecular weight is 452 g/mol. The number of hydrogen-bond donors (Lipinski definition) is 0. The SMILES string of the molecule is Cn1cc([C@]2(C)CN(C(=O)c3nnc(-c4ccc(F)cc4F)s3)Cc3ccccc32)cn1. The van der Waals surface area contributed by atoms with Gasteiger partial charge in [-0.1, -0.05) is 35.6 Å². The van der Waals surface area contributed by atoms with E-state index >= 15 is 0 Å². The van der Waals surface area contributed by atoms with Gasteiger partial charge in [0.05, 0.1) is 6.20 Å². The highest BCUT2D eigenvalue weighted by atomic mass is 32.1. The summed E-state index contributed by atoms with van der Waals surface area (Å²) < 4.78 is 29.1. The number of fused-ring (bicyclic) bond motifs is 1. The van der Waals surface area contributed by atoms with Crippen LogP contribution in [0.15, 0.2) is 54.9 Å². The third kappa shape index (κ3) is 3.38. The Balaban J connectivity index is 1.49. The molecule has 162 valence electrons. The maximum Gasteiger partial charge on any atom is 0.285 e. The second kappa shape index (κ2) is 7.59. The summed E-state index contributed by atoms with van der Waals surface area (Å²) in [6.07, 6.45) is 3.79. The van der Waals surface area contributed by atoms with Crippen molar-refractivity contribution in [2.75, 3.05) is 6.54 Å². The van der Waals surface area contributed by atoms with Crippen molar-refractivity contribution in [2.24, 2.45) is 7.05 Å². The second-order valence-electron chi connectivity index (χ2n) is 8.09. The minimum absolute atomic E-state index is 0.118. The van der Waals surface area contributed by atoms with Gasteiger partial charge < -0.3 is 4.90 Å². The number of amides is 1. The van der Waals surface area contributed by atoms with Gasteiger partial charge in [0.15, 0.2) is 5.01 Å². The molecule has 9 heteroatoms. The molecule has 5 rings (SSSR count). The summed E-state index contributed by atoms with van der Waals surface area (Å²) in [7, 11) is 1.86. The number of aryl methyl sites for hydroxylation is 1. The monoisotopic (exact) mass is 451 g/mol. The summed E-state index contributed by atoms with van der Waals surface area (Å²) in [5.41, 5.74) is 2.88. The fraction of sp³-hybridized carbons (Fsp3) is 0.217. The first-order chi connectivity index (χ1) is 15.3. The zero-order valence-corrected chi connectivity index (χ0v) is 18.2. The Morgan fingerprint density at radius 3 is 2.72 bits per heavy atom. The van der Waals surface area contributed by atoms with Crippen LogP contribution in [0.4, 0.5) is 8.78 Å². The molecule has 0 saturated heterocycles. The Labute approximate surface area is 187 Å². The van der Waals surface area contributed by atoms with E-state index in [1.54, 1.807) is 9.58 Å². The summed E-state index contributed by atoms with van der Waals surface area (Å²) >= 11 is 0.997. The predicted molar refractivity (Wildman–Crippen MR) is 116 cm³/mol. The molecule has 0 aliphatic carbocycles. The van der Waals surface area contributed by atoms with Crippen LogP contribution in [-0.4, -0.2) is 37.3 Å². The summed E-state index contributed by atoms with van der Waals surface area (Å²) in [6.45, 7) is 2.97. The van der Waals surface area contributed by atoms with Crippen LogP contribution in [0.5, 0.6) is 0 Å². The summed E-state index contributed by atoms with van der Waals surface area (Å²) in [5.74, 6) is -1.69. The van der Waals surface area contributed by atoms with Gasteiger partial charge >= 0.3 is 0 Å². The molecule has 0 bridgehead atoms. The number of nitrogens with zero attached hydrogens (tertiary/aromatic N) is 5. The highest BCUT2D eigenvalue weighted by Crippen LogP contribution is 2.39. The summed E-state index contributed by atoms with van der Waals surface area (Å²) in [6, 6.07) is 11.3. The molecule has 1 atom stereocenters. The van der Waals surface area contributed by atoms with Crippen molar-refractivity contribution >= 4 is 17.2 Å². The molecule has 6 nitrogen and oxygen atoms in total. The molecule has 0 unspecified atom stereocenters. The van der Waals surface area contributed by atoms with E-state index in [1.807, 2.05) is 37.6 Å². The highest BCUT2D eigenvalue weighted by Gasteiger charge is 2.40.